The van der Waals surface area contributed by atoms with E-state index in [0.717, 1.165) is 17.9 Å². The standard InChI is InChI=1S/C28H23IO5S/c1-32-27-22-16-9-10-17-23(22)28(33-2)26-24(27)18-11-19-25(26)35(30,31)34-29(20-12-5-3-6-13-20)21-14-7-4-8-15-21/h3-19H,1-2H3. The number of fused-ring (bicyclic) bond motifs is 2. The van der Waals surface area contributed by atoms with Crippen molar-refractivity contribution in [3.63, 3.8) is 0 Å². The van der Waals surface area contributed by atoms with Gasteiger partial charge in [0.2, 0.25) is 0 Å². The van der Waals surface area contributed by atoms with Gasteiger partial charge in [0.15, 0.2) is 0 Å². The van der Waals surface area contributed by atoms with E-state index < -0.39 is 30.4 Å². The molecule has 0 amide bonds. The Bertz CT molecular complexity index is 1560. The molecule has 0 spiro atoms. The zero-order chi connectivity index (χ0) is 24.4. The average molecular weight is 598 g/mol. The normalized spacial score (nSPS) is 12.0. The van der Waals surface area contributed by atoms with Gasteiger partial charge in [0.05, 0.1) is 0 Å². The van der Waals surface area contributed by atoms with Crippen molar-refractivity contribution in [2.45, 2.75) is 4.90 Å². The van der Waals surface area contributed by atoms with Gasteiger partial charge in [0.1, 0.15) is 0 Å². The van der Waals surface area contributed by atoms with Crippen molar-refractivity contribution in [3.8, 4) is 11.5 Å². The molecule has 178 valence electrons. The summed E-state index contributed by atoms with van der Waals surface area (Å²) in [6, 6.07) is 31.9. The molecular formula is C28H23IO5S. The monoisotopic (exact) mass is 598 g/mol. The predicted molar refractivity (Wildman–Crippen MR) is 147 cm³/mol. The van der Waals surface area contributed by atoms with Crippen LogP contribution in [-0.4, -0.2) is 22.6 Å². The van der Waals surface area contributed by atoms with Crippen molar-refractivity contribution < 1.29 is 20.4 Å². The van der Waals surface area contributed by atoms with Crippen LogP contribution < -0.4 is 9.47 Å². The molecule has 5 nitrogen and oxygen atoms in total. The van der Waals surface area contributed by atoms with Crippen molar-refractivity contribution in [3.05, 3.63) is 110 Å². The first-order valence-electron chi connectivity index (χ1n) is 10.9. The molecule has 0 saturated carbocycles. The molecule has 35 heavy (non-hydrogen) atoms. The molecule has 5 aromatic carbocycles. The Morgan fingerprint density at radius 1 is 0.571 bits per heavy atom. The van der Waals surface area contributed by atoms with E-state index in [-0.39, 0.29) is 4.90 Å². The quantitative estimate of drug-likeness (QED) is 0.151. The van der Waals surface area contributed by atoms with Crippen LogP contribution in [0.25, 0.3) is 21.5 Å². The molecule has 0 unspecified atom stereocenters. The Morgan fingerprint density at radius 2 is 1.06 bits per heavy atom. The fourth-order valence-electron chi connectivity index (χ4n) is 4.13. The molecule has 0 saturated heterocycles. The summed E-state index contributed by atoms with van der Waals surface area (Å²) in [6.45, 7) is 0. The molecule has 5 aromatic rings. The summed E-state index contributed by atoms with van der Waals surface area (Å²) in [6.07, 6.45) is 0. The molecule has 0 aliphatic rings. The summed E-state index contributed by atoms with van der Waals surface area (Å²) in [5.74, 6) is 1.06. The number of hydrogen-bond acceptors (Lipinski definition) is 5. The molecular weight excluding hydrogens is 575 g/mol. The molecule has 0 aromatic heterocycles. The van der Waals surface area contributed by atoms with E-state index in [4.69, 9.17) is 12.0 Å². The van der Waals surface area contributed by atoms with E-state index in [1.165, 1.54) is 0 Å². The van der Waals surface area contributed by atoms with E-state index in [0.29, 0.717) is 22.3 Å². The molecule has 0 aliphatic carbocycles. The molecule has 0 bridgehead atoms. The van der Waals surface area contributed by atoms with Crippen LogP contribution in [0.1, 0.15) is 0 Å². The third-order valence-corrected chi connectivity index (χ3v) is 13.0. The number of methoxy groups -OCH3 is 2. The average Bonchev–Trinajstić information content (AvgIpc) is 2.91. The zero-order valence-corrected chi connectivity index (χ0v) is 22.1. The van der Waals surface area contributed by atoms with Gasteiger partial charge in [-0.3, -0.25) is 0 Å². The summed E-state index contributed by atoms with van der Waals surface area (Å²) in [7, 11) is -1.05. The van der Waals surface area contributed by atoms with Gasteiger partial charge in [-0.05, 0) is 0 Å². The molecule has 0 aliphatic heterocycles. The second-order valence-electron chi connectivity index (χ2n) is 7.65. The second-order valence-corrected chi connectivity index (χ2v) is 14.1. The van der Waals surface area contributed by atoms with Crippen molar-refractivity contribution in [1.82, 2.24) is 0 Å². The summed E-state index contributed by atoms with van der Waals surface area (Å²) >= 11 is -2.81. The Labute approximate surface area is 212 Å². The van der Waals surface area contributed by atoms with Crippen LogP contribution in [0.3, 0.4) is 0 Å². The van der Waals surface area contributed by atoms with E-state index in [2.05, 4.69) is 0 Å². The van der Waals surface area contributed by atoms with Crippen molar-refractivity contribution in [2.24, 2.45) is 0 Å². The van der Waals surface area contributed by atoms with Crippen LogP contribution in [0.2, 0.25) is 0 Å². The minimum absolute atomic E-state index is 0.0602. The number of benzene rings is 5. The maximum atomic E-state index is 13.9. The molecule has 0 N–H and O–H groups in total. The predicted octanol–water partition coefficient (Wildman–Crippen LogP) is 6.88. The maximum absolute atomic E-state index is 13.9. The van der Waals surface area contributed by atoms with Crippen molar-refractivity contribution in [2.75, 3.05) is 14.2 Å². The summed E-state index contributed by atoms with van der Waals surface area (Å²) in [5, 5.41) is 2.70. The minimum atomic E-state index is -4.17. The van der Waals surface area contributed by atoms with Crippen molar-refractivity contribution in [1.29, 1.82) is 0 Å². The zero-order valence-electron chi connectivity index (χ0n) is 19.1. The summed E-state index contributed by atoms with van der Waals surface area (Å²) in [4.78, 5) is 0.0602. The van der Waals surface area contributed by atoms with Crippen LogP contribution in [0, 0.1) is 7.14 Å². The fraction of sp³-hybridized carbons (Fsp3) is 0.0714. The molecule has 0 radical (unpaired) electrons. The molecule has 7 heteroatoms. The molecule has 0 atom stereocenters. The van der Waals surface area contributed by atoms with Crippen LogP contribution in [0.4, 0.5) is 0 Å². The van der Waals surface area contributed by atoms with Gasteiger partial charge in [-0.1, -0.05) is 0 Å². The number of hydrogen-bond donors (Lipinski definition) is 0. The van der Waals surface area contributed by atoms with Gasteiger partial charge < -0.3 is 0 Å². The molecule has 5 rings (SSSR count). The van der Waals surface area contributed by atoms with Gasteiger partial charge in [-0.2, -0.15) is 0 Å². The molecule has 0 fully saturated rings. The topological polar surface area (TPSA) is 61.8 Å². The van der Waals surface area contributed by atoms with E-state index in [1.54, 1.807) is 26.4 Å². The van der Waals surface area contributed by atoms with E-state index in [1.807, 2.05) is 91.0 Å². The Morgan fingerprint density at radius 3 is 1.60 bits per heavy atom. The van der Waals surface area contributed by atoms with Gasteiger partial charge in [-0.25, -0.2) is 0 Å². The first-order chi connectivity index (χ1) is 17.0. The van der Waals surface area contributed by atoms with Crippen LogP contribution in [-0.2, 0) is 12.6 Å². The molecule has 0 heterocycles. The van der Waals surface area contributed by atoms with Gasteiger partial charge in [0, 0.05) is 0 Å². The van der Waals surface area contributed by atoms with Gasteiger partial charge >= 0.3 is 213 Å². The summed E-state index contributed by atoms with van der Waals surface area (Å²) in [5.41, 5.74) is 0. The summed E-state index contributed by atoms with van der Waals surface area (Å²) < 4.78 is 47.3. The Balaban J connectivity index is 1.74. The third kappa shape index (κ3) is 4.35. The van der Waals surface area contributed by atoms with Crippen LogP contribution in [0.5, 0.6) is 11.5 Å². The first-order valence-corrected chi connectivity index (χ1v) is 15.3. The first kappa shape index (κ1) is 23.6. The Hall–Kier alpha value is -3.14. The third-order valence-electron chi connectivity index (χ3n) is 5.60. The Kier molecular flexibility index (Phi) is 6.64. The fourth-order valence-corrected chi connectivity index (χ4v) is 11.3. The van der Waals surface area contributed by atoms with E-state index >= 15 is 0 Å². The van der Waals surface area contributed by atoms with Gasteiger partial charge in [0.25, 0.3) is 0 Å². The van der Waals surface area contributed by atoms with Crippen molar-refractivity contribution >= 4 is 51.9 Å². The van der Waals surface area contributed by atoms with E-state index in [9.17, 15) is 8.42 Å². The number of rotatable bonds is 7. The second kappa shape index (κ2) is 9.85. The number of ether oxygens (including phenoxy) is 2. The number of halogens is 1. The van der Waals surface area contributed by atoms with Crippen LogP contribution in [0.15, 0.2) is 108 Å². The SMILES string of the molecule is COc1c2ccccc2c(OC)c2c(S(=O)(=O)OI(c3ccccc3)c3ccccc3)cccc12. The van der Waals surface area contributed by atoms with Gasteiger partial charge in [-0.15, -0.1) is 0 Å². The van der Waals surface area contributed by atoms with Crippen LogP contribution >= 0.6 is 20.2 Å².